The SMILES string of the molecule is C=CCCCCCN(C)C(=NCc1nnc(C)n1C)NCCN1CCOCC1. The van der Waals surface area contributed by atoms with Crippen LogP contribution >= 0.6 is 0 Å². The van der Waals surface area contributed by atoms with Crippen LogP contribution in [-0.2, 0) is 18.3 Å². The van der Waals surface area contributed by atoms with E-state index < -0.39 is 0 Å². The molecule has 8 nitrogen and oxygen atoms in total. The molecule has 8 heteroatoms. The Balaban J connectivity index is 1.88. The topological polar surface area (TPSA) is 70.8 Å². The summed E-state index contributed by atoms with van der Waals surface area (Å²) >= 11 is 0. The van der Waals surface area contributed by atoms with Crippen molar-refractivity contribution in [1.29, 1.82) is 0 Å². The van der Waals surface area contributed by atoms with Crippen LogP contribution < -0.4 is 5.32 Å². The van der Waals surface area contributed by atoms with Gasteiger partial charge in [-0.05, 0) is 26.2 Å². The Hall–Kier alpha value is -1.93. The van der Waals surface area contributed by atoms with Crippen molar-refractivity contribution in [1.82, 2.24) is 29.9 Å². The Bertz CT molecular complexity index is 608. The second kappa shape index (κ2) is 12.5. The third-order valence-electron chi connectivity index (χ3n) is 5.13. The first-order chi connectivity index (χ1) is 13.6. The van der Waals surface area contributed by atoms with Crippen molar-refractivity contribution in [2.24, 2.45) is 12.0 Å². The van der Waals surface area contributed by atoms with Crippen molar-refractivity contribution in [3.8, 4) is 0 Å². The standard InChI is InChI=1S/C20H37N7O/c1-5-6-7-8-9-11-25(3)20(21-10-12-27-13-15-28-16-14-27)22-17-19-24-23-18(2)26(19)4/h5H,1,6-17H2,2-4H3,(H,21,22). The molecule has 1 aliphatic heterocycles. The summed E-state index contributed by atoms with van der Waals surface area (Å²) in [5.74, 6) is 2.71. The van der Waals surface area contributed by atoms with Crippen LogP contribution in [0.15, 0.2) is 17.6 Å². The Kier molecular flexibility index (Phi) is 9.99. The van der Waals surface area contributed by atoms with Crippen molar-refractivity contribution in [3.05, 3.63) is 24.3 Å². The summed E-state index contributed by atoms with van der Waals surface area (Å²) in [4.78, 5) is 9.46. The van der Waals surface area contributed by atoms with Gasteiger partial charge in [0, 0.05) is 46.8 Å². The third kappa shape index (κ3) is 7.59. The molecule has 2 rings (SSSR count). The van der Waals surface area contributed by atoms with E-state index in [1.165, 1.54) is 12.8 Å². The van der Waals surface area contributed by atoms with E-state index in [0.717, 1.165) is 76.4 Å². The number of morpholine rings is 1. The molecular weight excluding hydrogens is 354 g/mol. The fourth-order valence-electron chi connectivity index (χ4n) is 3.12. The van der Waals surface area contributed by atoms with Crippen molar-refractivity contribution >= 4 is 5.96 Å². The number of aliphatic imine (C=N–C) groups is 1. The van der Waals surface area contributed by atoms with Gasteiger partial charge in [-0.1, -0.05) is 12.5 Å². The minimum absolute atomic E-state index is 0.526. The average Bonchev–Trinajstić information content (AvgIpc) is 3.03. The summed E-state index contributed by atoms with van der Waals surface area (Å²) in [6, 6.07) is 0. The van der Waals surface area contributed by atoms with E-state index in [4.69, 9.17) is 9.73 Å². The van der Waals surface area contributed by atoms with Gasteiger partial charge in [-0.3, -0.25) is 4.90 Å². The third-order valence-corrected chi connectivity index (χ3v) is 5.13. The molecule has 0 radical (unpaired) electrons. The molecule has 0 aliphatic carbocycles. The van der Waals surface area contributed by atoms with Crippen molar-refractivity contribution in [2.45, 2.75) is 39.2 Å². The lowest BCUT2D eigenvalue weighted by Gasteiger charge is -2.28. The number of nitrogens with one attached hydrogen (secondary N) is 1. The lowest BCUT2D eigenvalue weighted by molar-refractivity contribution is 0.0388. The smallest absolute Gasteiger partial charge is 0.194 e. The monoisotopic (exact) mass is 391 g/mol. The molecule has 2 heterocycles. The van der Waals surface area contributed by atoms with E-state index in [9.17, 15) is 0 Å². The number of ether oxygens (including phenoxy) is 1. The van der Waals surface area contributed by atoms with Crippen LogP contribution in [0, 0.1) is 6.92 Å². The van der Waals surface area contributed by atoms with Crippen LogP contribution in [0.1, 0.15) is 37.3 Å². The first kappa shape index (κ1) is 22.4. The number of hydrogen-bond donors (Lipinski definition) is 1. The minimum atomic E-state index is 0.526. The molecular formula is C20H37N7O. The molecule has 1 aromatic rings. The zero-order valence-electron chi connectivity index (χ0n) is 17.9. The average molecular weight is 392 g/mol. The first-order valence-corrected chi connectivity index (χ1v) is 10.4. The maximum absolute atomic E-state index is 5.42. The lowest BCUT2D eigenvalue weighted by atomic mass is 10.2. The molecule has 0 saturated carbocycles. The van der Waals surface area contributed by atoms with Crippen molar-refractivity contribution in [3.63, 3.8) is 0 Å². The van der Waals surface area contributed by atoms with Crippen LogP contribution in [0.5, 0.6) is 0 Å². The summed E-state index contributed by atoms with van der Waals surface area (Å²) < 4.78 is 7.41. The molecule has 1 N–H and O–H groups in total. The van der Waals surface area contributed by atoms with E-state index >= 15 is 0 Å². The molecule has 0 unspecified atom stereocenters. The van der Waals surface area contributed by atoms with Crippen LogP contribution in [0.3, 0.4) is 0 Å². The van der Waals surface area contributed by atoms with Gasteiger partial charge in [0.2, 0.25) is 0 Å². The largest absolute Gasteiger partial charge is 0.379 e. The summed E-state index contributed by atoms with van der Waals surface area (Å²) in [5.41, 5.74) is 0. The van der Waals surface area contributed by atoms with Gasteiger partial charge in [-0.2, -0.15) is 0 Å². The summed E-state index contributed by atoms with van der Waals surface area (Å²) in [5, 5.41) is 11.9. The maximum atomic E-state index is 5.42. The van der Waals surface area contributed by atoms with Gasteiger partial charge in [0.05, 0.1) is 13.2 Å². The Morgan fingerprint density at radius 3 is 2.75 bits per heavy atom. The van der Waals surface area contributed by atoms with Crippen LogP contribution in [0.4, 0.5) is 0 Å². The molecule has 1 aliphatic rings. The van der Waals surface area contributed by atoms with Crippen molar-refractivity contribution in [2.75, 3.05) is 53.0 Å². The first-order valence-electron chi connectivity index (χ1n) is 10.4. The van der Waals surface area contributed by atoms with Gasteiger partial charge in [0.15, 0.2) is 11.8 Å². The van der Waals surface area contributed by atoms with E-state index in [0.29, 0.717) is 6.54 Å². The van der Waals surface area contributed by atoms with Gasteiger partial charge in [-0.15, -0.1) is 16.8 Å². The Morgan fingerprint density at radius 2 is 2.07 bits per heavy atom. The fraction of sp³-hybridized carbons (Fsp3) is 0.750. The highest BCUT2D eigenvalue weighted by Crippen LogP contribution is 2.04. The molecule has 28 heavy (non-hydrogen) atoms. The second-order valence-corrected chi connectivity index (χ2v) is 7.30. The van der Waals surface area contributed by atoms with Gasteiger partial charge < -0.3 is 19.5 Å². The highest BCUT2D eigenvalue weighted by Gasteiger charge is 2.12. The van der Waals surface area contributed by atoms with Crippen LogP contribution in [-0.4, -0.2) is 83.5 Å². The number of unbranched alkanes of at least 4 members (excludes halogenated alkanes) is 3. The zero-order chi connectivity index (χ0) is 20.2. The number of nitrogens with zero attached hydrogens (tertiary/aromatic N) is 6. The van der Waals surface area contributed by atoms with Gasteiger partial charge in [0.25, 0.3) is 0 Å². The molecule has 1 fully saturated rings. The summed E-state index contributed by atoms with van der Waals surface area (Å²) in [7, 11) is 4.09. The molecule has 0 aromatic carbocycles. The quantitative estimate of drug-likeness (QED) is 0.267. The normalized spacial score (nSPS) is 15.6. The molecule has 158 valence electrons. The predicted molar refractivity (Wildman–Crippen MR) is 113 cm³/mol. The molecule has 0 spiro atoms. The summed E-state index contributed by atoms with van der Waals surface area (Å²) in [6.45, 7) is 12.8. The highest BCUT2D eigenvalue weighted by atomic mass is 16.5. The van der Waals surface area contributed by atoms with Crippen molar-refractivity contribution < 1.29 is 4.74 Å². The van der Waals surface area contributed by atoms with Gasteiger partial charge >= 0.3 is 0 Å². The number of rotatable bonds is 11. The van der Waals surface area contributed by atoms with Crippen LogP contribution in [0.2, 0.25) is 0 Å². The number of allylic oxidation sites excluding steroid dienone is 1. The maximum Gasteiger partial charge on any atom is 0.194 e. The van der Waals surface area contributed by atoms with Crippen LogP contribution in [0.25, 0.3) is 0 Å². The lowest BCUT2D eigenvalue weighted by Crippen LogP contribution is -2.45. The van der Waals surface area contributed by atoms with E-state index in [1.54, 1.807) is 0 Å². The van der Waals surface area contributed by atoms with Gasteiger partial charge in [-0.25, -0.2) is 4.99 Å². The number of aryl methyl sites for hydroxylation is 1. The molecule has 1 saturated heterocycles. The van der Waals surface area contributed by atoms with E-state index in [-0.39, 0.29) is 0 Å². The fourth-order valence-corrected chi connectivity index (χ4v) is 3.12. The number of hydrogen-bond acceptors (Lipinski definition) is 5. The molecule has 0 bridgehead atoms. The molecule has 1 aromatic heterocycles. The predicted octanol–water partition coefficient (Wildman–Crippen LogP) is 1.58. The zero-order valence-corrected chi connectivity index (χ0v) is 17.9. The van der Waals surface area contributed by atoms with E-state index in [1.807, 2.05) is 24.6 Å². The van der Waals surface area contributed by atoms with Gasteiger partial charge in [0.1, 0.15) is 12.4 Å². The minimum Gasteiger partial charge on any atom is -0.379 e. The molecule has 0 amide bonds. The van der Waals surface area contributed by atoms with E-state index in [2.05, 4.69) is 38.9 Å². The highest BCUT2D eigenvalue weighted by molar-refractivity contribution is 5.79. The molecule has 0 atom stereocenters. The number of guanidine groups is 1. The Labute approximate surface area is 169 Å². The second-order valence-electron chi connectivity index (χ2n) is 7.30. The number of aromatic nitrogens is 3. The summed E-state index contributed by atoms with van der Waals surface area (Å²) in [6.07, 6.45) is 6.64. The Morgan fingerprint density at radius 1 is 1.29 bits per heavy atom.